The van der Waals surface area contributed by atoms with Crippen molar-refractivity contribution >= 4 is 34.9 Å². The van der Waals surface area contributed by atoms with Gasteiger partial charge in [-0.3, -0.25) is 19.2 Å². The first-order valence-corrected chi connectivity index (χ1v) is 9.30. The minimum atomic E-state index is -0.449. The van der Waals surface area contributed by atoms with Gasteiger partial charge in [0.05, 0.1) is 5.92 Å². The van der Waals surface area contributed by atoms with E-state index < -0.39 is 11.9 Å². The first kappa shape index (κ1) is 19.1. The van der Waals surface area contributed by atoms with Crippen LogP contribution in [0.1, 0.15) is 39.0 Å². The Balaban J connectivity index is 1.48. The number of hydrogen-bond acceptors (Lipinski definition) is 5. The maximum absolute atomic E-state index is 12.3. The number of benzene rings is 1. The molecule has 2 N–H and O–H groups in total. The molecule has 0 heterocycles. The fraction of sp³-hybridized carbons (Fsp3) is 0.500. The van der Waals surface area contributed by atoms with Gasteiger partial charge < -0.3 is 15.4 Å². The van der Waals surface area contributed by atoms with Crippen molar-refractivity contribution in [1.82, 2.24) is 0 Å². The molecule has 1 aromatic rings. The Morgan fingerprint density at radius 3 is 2.33 bits per heavy atom. The number of carbonyl (C=O) groups is 4. The zero-order chi connectivity index (χ0) is 19.4. The molecule has 3 atom stereocenters. The van der Waals surface area contributed by atoms with Gasteiger partial charge in [-0.25, -0.2) is 0 Å². The topological polar surface area (TPSA) is 102 Å². The van der Waals surface area contributed by atoms with E-state index in [0.717, 1.165) is 19.3 Å². The molecule has 3 rings (SSSR count). The second kappa shape index (κ2) is 8.33. The molecule has 2 fully saturated rings. The van der Waals surface area contributed by atoms with Crippen LogP contribution in [0.2, 0.25) is 0 Å². The molecule has 2 saturated carbocycles. The molecule has 2 aliphatic rings. The quantitative estimate of drug-likeness (QED) is 0.774. The number of fused-ring (bicyclic) bond motifs is 2. The Morgan fingerprint density at radius 2 is 1.70 bits per heavy atom. The molecule has 1 unspecified atom stereocenters. The molecular formula is C20H24N2O5. The third kappa shape index (κ3) is 4.93. The van der Waals surface area contributed by atoms with Crippen LogP contribution in [-0.4, -0.2) is 30.2 Å². The molecule has 1 aromatic carbocycles. The van der Waals surface area contributed by atoms with E-state index in [1.165, 1.54) is 6.92 Å². The van der Waals surface area contributed by atoms with Crippen molar-refractivity contribution in [2.75, 3.05) is 17.2 Å². The molecular weight excluding hydrogens is 348 g/mol. The van der Waals surface area contributed by atoms with Crippen molar-refractivity contribution in [2.45, 2.75) is 39.0 Å². The number of esters is 1. The smallest absolute Gasteiger partial charge is 0.309 e. The van der Waals surface area contributed by atoms with Crippen LogP contribution in [0.3, 0.4) is 0 Å². The average molecular weight is 372 g/mol. The van der Waals surface area contributed by atoms with Gasteiger partial charge in [0.15, 0.2) is 6.61 Å². The van der Waals surface area contributed by atoms with E-state index in [-0.39, 0.29) is 30.3 Å². The largest absolute Gasteiger partial charge is 0.455 e. The molecule has 144 valence electrons. The van der Waals surface area contributed by atoms with Crippen molar-refractivity contribution in [3.05, 3.63) is 24.3 Å². The summed E-state index contributed by atoms with van der Waals surface area (Å²) in [5, 5.41) is 5.27. The highest BCUT2D eigenvalue weighted by Crippen LogP contribution is 2.40. The summed E-state index contributed by atoms with van der Waals surface area (Å²) in [5.74, 6) is -1.11. The van der Waals surface area contributed by atoms with E-state index in [4.69, 9.17) is 4.74 Å². The fourth-order valence-electron chi connectivity index (χ4n) is 4.00. The maximum Gasteiger partial charge on any atom is 0.309 e. The van der Waals surface area contributed by atoms with Gasteiger partial charge in [-0.05, 0) is 43.9 Å². The lowest BCUT2D eigenvalue weighted by Crippen LogP contribution is -2.40. The van der Waals surface area contributed by atoms with E-state index in [1.807, 2.05) is 0 Å². The summed E-state index contributed by atoms with van der Waals surface area (Å²) in [4.78, 5) is 47.5. The molecule has 2 bridgehead atoms. The SMILES string of the molecule is CC(=O)Nc1cccc(NC(=O)COC(=O)C2C[C@H]3CCC[C@@H](C2)C3=O)c1. The molecule has 0 aliphatic heterocycles. The van der Waals surface area contributed by atoms with Gasteiger partial charge in [0.2, 0.25) is 5.91 Å². The van der Waals surface area contributed by atoms with Crippen LogP contribution in [0.4, 0.5) is 11.4 Å². The number of anilines is 2. The van der Waals surface area contributed by atoms with Crippen LogP contribution >= 0.6 is 0 Å². The zero-order valence-electron chi connectivity index (χ0n) is 15.3. The molecule has 0 radical (unpaired) electrons. The average Bonchev–Trinajstić information content (AvgIpc) is 2.59. The highest BCUT2D eigenvalue weighted by molar-refractivity contribution is 5.95. The molecule has 2 aliphatic carbocycles. The lowest BCUT2D eigenvalue weighted by atomic mass is 9.67. The molecule has 27 heavy (non-hydrogen) atoms. The van der Waals surface area contributed by atoms with Gasteiger partial charge in [0.25, 0.3) is 5.91 Å². The Kier molecular flexibility index (Phi) is 5.88. The van der Waals surface area contributed by atoms with Crippen LogP contribution in [0.5, 0.6) is 0 Å². The van der Waals surface area contributed by atoms with Gasteiger partial charge in [-0.1, -0.05) is 12.5 Å². The number of Topliss-reactive ketones (excluding diaryl/α,β-unsaturated/α-hetero) is 1. The lowest BCUT2D eigenvalue weighted by Gasteiger charge is -2.36. The molecule has 0 aromatic heterocycles. The normalized spacial score (nSPS) is 24.0. The zero-order valence-corrected chi connectivity index (χ0v) is 15.3. The summed E-state index contributed by atoms with van der Waals surface area (Å²) in [6.45, 7) is 1.03. The standard InChI is InChI=1S/C20H24N2O5/c1-12(23)21-16-6-3-7-17(10-16)22-18(24)11-27-20(26)15-8-13-4-2-5-14(9-15)19(13)25/h3,6-7,10,13-15H,2,4-5,8-9,11H2,1H3,(H,21,23)(H,22,24)/t13-,14+,15?. The van der Waals surface area contributed by atoms with Crippen molar-refractivity contribution in [3.63, 3.8) is 0 Å². The number of amides is 2. The predicted octanol–water partition coefficient (Wildman–Crippen LogP) is 2.52. The second-order valence-electron chi connectivity index (χ2n) is 7.31. The predicted molar refractivity (Wildman–Crippen MR) is 98.9 cm³/mol. The number of rotatable bonds is 5. The van der Waals surface area contributed by atoms with Gasteiger partial charge in [-0.2, -0.15) is 0 Å². The summed E-state index contributed by atoms with van der Waals surface area (Å²) in [5.41, 5.74) is 1.07. The Hall–Kier alpha value is -2.70. The third-order valence-electron chi connectivity index (χ3n) is 5.19. The number of ketones is 1. The van der Waals surface area contributed by atoms with Crippen LogP contribution in [0.15, 0.2) is 24.3 Å². The maximum atomic E-state index is 12.3. The van der Waals surface area contributed by atoms with Crippen molar-refractivity contribution in [2.24, 2.45) is 17.8 Å². The van der Waals surface area contributed by atoms with Crippen molar-refractivity contribution in [3.8, 4) is 0 Å². The van der Waals surface area contributed by atoms with Gasteiger partial charge >= 0.3 is 5.97 Å². The highest BCUT2D eigenvalue weighted by Gasteiger charge is 2.41. The Morgan fingerprint density at radius 1 is 1.07 bits per heavy atom. The van der Waals surface area contributed by atoms with Crippen LogP contribution in [0, 0.1) is 17.8 Å². The van der Waals surface area contributed by atoms with E-state index in [2.05, 4.69) is 10.6 Å². The highest BCUT2D eigenvalue weighted by atomic mass is 16.5. The van der Waals surface area contributed by atoms with Gasteiger partial charge in [-0.15, -0.1) is 0 Å². The molecule has 7 heteroatoms. The minimum absolute atomic E-state index is 0.0274. The summed E-state index contributed by atoms with van der Waals surface area (Å²) in [7, 11) is 0. The first-order valence-electron chi connectivity index (χ1n) is 9.30. The fourth-order valence-corrected chi connectivity index (χ4v) is 4.00. The van der Waals surface area contributed by atoms with Crippen LogP contribution < -0.4 is 10.6 Å². The van der Waals surface area contributed by atoms with Gasteiger partial charge in [0.1, 0.15) is 5.78 Å². The summed E-state index contributed by atoms with van der Waals surface area (Å²) in [6, 6.07) is 6.71. The second-order valence-corrected chi connectivity index (χ2v) is 7.31. The molecule has 2 amide bonds. The van der Waals surface area contributed by atoms with E-state index in [0.29, 0.717) is 30.0 Å². The summed E-state index contributed by atoms with van der Waals surface area (Å²) >= 11 is 0. The number of ether oxygens (including phenoxy) is 1. The number of hydrogen-bond donors (Lipinski definition) is 2. The number of carbonyl (C=O) groups excluding carboxylic acids is 4. The van der Waals surface area contributed by atoms with E-state index in [9.17, 15) is 19.2 Å². The van der Waals surface area contributed by atoms with Gasteiger partial charge in [0, 0.05) is 30.1 Å². The Bertz CT molecular complexity index is 744. The summed E-state index contributed by atoms with van der Waals surface area (Å²) < 4.78 is 5.18. The van der Waals surface area contributed by atoms with E-state index >= 15 is 0 Å². The molecule has 7 nitrogen and oxygen atoms in total. The first-order chi connectivity index (χ1) is 12.9. The number of nitrogens with one attached hydrogen (secondary N) is 2. The summed E-state index contributed by atoms with van der Waals surface area (Å²) in [6.07, 6.45) is 3.82. The van der Waals surface area contributed by atoms with Crippen molar-refractivity contribution < 1.29 is 23.9 Å². The van der Waals surface area contributed by atoms with E-state index in [1.54, 1.807) is 24.3 Å². The van der Waals surface area contributed by atoms with Crippen LogP contribution in [0.25, 0.3) is 0 Å². The monoisotopic (exact) mass is 372 g/mol. The minimum Gasteiger partial charge on any atom is -0.455 e. The molecule has 0 saturated heterocycles. The van der Waals surface area contributed by atoms with Crippen molar-refractivity contribution in [1.29, 1.82) is 0 Å². The van der Waals surface area contributed by atoms with Crippen LogP contribution in [-0.2, 0) is 23.9 Å². The molecule has 0 spiro atoms. The Labute approximate surface area is 157 Å². The third-order valence-corrected chi connectivity index (χ3v) is 5.19. The lowest BCUT2D eigenvalue weighted by molar-refractivity contribution is -0.155.